The Labute approximate surface area is 123 Å². The molecule has 0 saturated carbocycles. The van der Waals surface area contributed by atoms with Crippen LogP contribution in [0.2, 0.25) is 0 Å². The highest BCUT2D eigenvalue weighted by atomic mass is 79.9. The molecule has 0 saturated heterocycles. The molecular weight excluding hydrogens is 324 g/mol. The molecule has 3 aromatic rings. The highest BCUT2D eigenvalue weighted by Gasteiger charge is 2.12. The molecule has 4 nitrogen and oxygen atoms in total. The Bertz CT molecular complexity index is 704. The molecule has 0 N–H and O–H groups in total. The van der Waals surface area contributed by atoms with Gasteiger partial charge in [-0.1, -0.05) is 30.4 Å². The van der Waals surface area contributed by atoms with E-state index < -0.39 is 0 Å². The smallest absolute Gasteiger partial charge is 0.183 e. The third kappa shape index (κ3) is 2.55. The number of para-hydroxylation sites is 2. The molecule has 0 fully saturated rings. The zero-order valence-corrected chi connectivity index (χ0v) is 12.9. The van der Waals surface area contributed by atoms with Gasteiger partial charge in [-0.25, -0.2) is 4.98 Å². The molecule has 0 radical (unpaired) electrons. The van der Waals surface area contributed by atoms with Crippen molar-refractivity contribution in [1.29, 1.82) is 0 Å². The van der Waals surface area contributed by atoms with E-state index in [0.717, 1.165) is 39.7 Å². The van der Waals surface area contributed by atoms with Crippen molar-refractivity contribution in [3.8, 4) is 0 Å². The van der Waals surface area contributed by atoms with E-state index in [9.17, 15) is 0 Å². The number of aromatic nitrogens is 4. The van der Waals surface area contributed by atoms with Crippen LogP contribution in [0, 0.1) is 0 Å². The quantitative estimate of drug-likeness (QED) is 0.730. The van der Waals surface area contributed by atoms with Gasteiger partial charge in [0.25, 0.3) is 0 Å². The molecule has 0 bridgehead atoms. The van der Waals surface area contributed by atoms with Gasteiger partial charge in [-0.3, -0.25) is 0 Å². The summed E-state index contributed by atoms with van der Waals surface area (Å²) >= 11 is 4.91. The van der Waals surface area contributed by atoms with Crippen molar-refractivity contribution in [2.45, 2.75) is 26.3 Å². The van der Waals surface area contributed by atoms with Crippen LogP contribution in [0.5, 0.6) is 0 Å². The summed E-state index contributed by atoms with van der Waals surface area (Å²) in [5, 5.41) is 9.13. The third-order valence-corrected chi connectivity index (χ3v) is 4.29. The first-order valence-electron chi connectivity index (χ1n) is 6.20. The van der Waals surface area contributed by atoms with Crippen LogP contribution in [0.3, 0.4) is 0 Å². The van der Waals surface area contributed by atoms with E-state index in [0.29, 0.717) is 0 Å². The molecule has 6 heteroatoms. The van der Waals surface area contributed by atoms with Crippen LogP contribution in [0.1, 0.15) is 24.2 Å². The Kier molecular flexibility index (Phi) is 3.61. The minimum Gasteiger partial charge on any atom is -0.328 e. The van der Waals surface area contributed by atoms with Crippen molar-refractivity contribution in [2.75, 3.05) is 0 Å². The lowest BCUT2D eigenvalue weighted by molar-refractivity contribution is 0.663. The number of rotatable bonds is 4. The number of halogens is 1. The topological polar surface area (TPSA) is 43.6 Å². The molecule has 1 aromatic carbocycles. The molecule has 0 amide bonds. The Hall–Kier alpha value is -1.27. The second kappa shape index (κ2) is 5.38. The molecule has 0 atom stereocenters. The van der Waals surface area contributed by atoms with E-state index >= 15 is 0 Å². The van der Waals surface area contributed by atoms with Crippen molar-refractivity contribution < 1.29 is 0 Å². The molecule has 2 heterocycles. The monoisotopic (exact) mass is 336 g/mol. The predicted molar refractivity (Wildman–Crippen MR) is 80.4 cm³/mol. The van der Waals surface area contributed by atoms with Gasteiger partial charge in [0.2, 0.25) is 0 Å². The zero-order chi connectivity index (χ0) is 13.2. The average Bonchev–Trinajstić information content (AvgIpc) is 2.96. The van der Waals surface area contributed by atoms with Crippen molar-refractivity contribution in [3.63, 3.8) is 0 Å². The van der Waals surface area contributed by atoms with Gasteiger partial charge in [0.15, 0.2) is 3.92 Å². The van der Waals surface area contributed by atoms with Crippen molar-refractivity contribution >= 4 is 38.3 Å². The standard InChI is InChI=1S/C13H13BrN4S/c1-2-7-18-10-6-4-3-5-9(10)15-11(18)8-12-16-17-13(14)19-12/h3-6H,2,7-8H2,1H3. The van der Waals surface area contributed by atoms with Crippen LogP contribution >= 0.6 is 27.3 Å². The number of imidazole rings is 1. The molecule has 0 aliphatic carbocycles. The maximum atomic E-state index is 4.72. The van der Waals surface area contributed by atoms with Crippen molar-refractivity contribution in [2.24, 2.45) is 0 Å². The zero-order valence-electron chi connectivity index (χ0n) is 10.5. The summed E-state index contributed by atoms with van der Waals surface area (Å²) in [6, 6.07) is 8.26. The maximum absolute atomic E-state index is 4.72. The Balaban J connectivity index is 2.04. The molecular formula is C13H13BrN4S. The first-order chi connectivity index (χ1) is 9.28. The second-order valence-corrected chi connectivity index (χ2v) is 6.63. The van der Waals surface area contributed by atoms with Gasteiger partial charge in [-0.05, 0) is 34.5 Å². The minimum atomic E-state index is 0.734. The lowest BCUT2D eigenvalue weighted by Crippen LogP contribution is -2.04. The highest BCUT2D eigenvalue weighted by Crippen LogP contribution is 2.22. The molecule has 2 aromatic heterocycles. The molecule has 98 valence electrons. The van der Waals surface area contributed by atoms with Crippen LogP contribution in [0.25, 0.3) is 11.0 Å². The summed E-state index contributed by atoms with van der Waals surface area (Å²) < 4.78 is 3.10. The fourth-order valence-electron chi connectivity index (χ4n) is 2.17. The largest absolute Gasteiger partial charge is 0.328 e. The highest BCUT2D eigenvalue weighted by molar-refractivity contribution is 9.11. The van der Waals surface area contributed by atoms with Gasteiger partial charge >= 0.3 is 0 Å². The Morgan fingerprint density at radius 1 is 1.26 bits per heavy atom. The van der Waals surface area contributed by atoms with Crippen LogP contribution in [-0.2, 0) is 13.0 Å². The van der Waals surface area contributed by atoms with E-state index in [2.05, 4.69) is 55.8 Å². The van der Waals surface area contributed by atoms with Crippen LogP contribution < -0.4 is 0 Å². The van der Waals surface area contributed by atoms with Gasteiger partial charge in [-0.2, -0.15) is 0 Å². The number of hydrogen-bond donors (Lipinski definition) is 0. The molecule has 0 aliphatic rings. The van der Waals surface area contributed by atoms with Crippen molar-refractivity contribution in [1.82, 2.24) is 19.7 Å². The number of nitrogens with zero attached hydrogens (tertiary/aromatic N) is 4. The SMILES string of the molecule is CCCn1c(Cc2nnc(Br)s2)nc2ccccc21. The lowest BCUT2D eigenvalue weighted by Gasteiger charge is -2.05. The molecule has 3 rings (SSSR count). The molecule has 19 heavy (non-hydrogen) atoms. The van der Waals surface area contributed by atoms with E-state index in [1.807, 2.05) is 6.07 Å². The molecule has 0 spiro atoms. The summed E-state index contributed by atoms with van der Waals surface area (Å²) in [5.74, 6) is 1.06. The normalized spacial score (nSPS) is 11.3. The van der Waals surface area contributed by atoms with Crippen molar-refractivity contribution in [3.05, 3.63) is 39.0 Å². The summed E-state index contributed by atoms with van der Waals surface area (Å²) in [6.07, 6.45) is 1.82. The molecule has 0 unspecified atom stereocenters. The van der Waals surface area contributed by atoms with E-state index in [1.54, 1.807) is 11.3 Å². The lowest BCUT2D eigenvalue weighted by atomic mass is 10.3. The van der Waals surface area contributed by atoms with E-state index in [4.69, 9.17) is 4.98 Å². The van der Waals surface area contributed by atoms with E-state index in [-0.39, 0.29) is 0 Å². The minimum absolute atomic E-state index is 0.734. The first kappa shape index (κ1) is 12.7. The van der Waals surface area contributed by atoms with Gasteiger partial charge in [0, 0.05) is 6.54 Å². The van der Waals surface area contributed by atoms with Gasteiger partial charge < -0.3 is 4.57 Å². The van der Waals surface area contributed by atoms with Crippen LogP contribution in [-0.4, -0.2) is 19.7 Å². The number of benzene rings is 1. The first-order valence-corrected chi connectivity index (χ1v) is 7.81. The molecule has 0 aliphatic heterocycles. The fraction of sp³-hybridized carbons (Fsp3) is 0.308. The second-order valence-electron chi connectivity index (χ2n) is 4.29. The summed E-state index contributed by atoms with van der Waals surface area (Å²) in [6.45, 7) is 3.16. The van der Waals surface area contributed by atoms with Gasteiger partial charge in [0.1, 0.15) is 10.8 Å². The maximum Gasteiger partial charge on any atom is 0.183 e. The Morgan fingerprint density at radius 3 is 2.84 bits per heavy atom. The number of hydrogen-bond acceptors (Lipinski definition) is 4. The van der Waals surface area contributed by atoms with Crippen LogP contribution in [0.15, 0.2) is 28.2 Å². The van der Waals surface area contributed by atoms with Gasteiger partial charge in [-0.15, -0.1) is 10.2 Å². The third-order valence-electron chi connectivity index (χ3n) is 2.93. The summed E-state index contributed by atoms with van der Waals surface area (Å²) in [5.41, 5.74) is 2.25. The summed E-state index contributed by atoms with van der Waals surface area (Å²) in [4.78, 5) is 4.72. The van der Waals surface area contributed by atoms with E-state index in [1.165, 1.54) is 5.52 Å². The predicted octanol–water partition coefficient (Wildman–Crippen LogP) is 3.65. The van der Waals surface area contributed by atoms with Gasteiger partial charge in [0.05, 0.1) is 17.5 Å². The summed E-state index contributed by atoms with van der Waals surface area (Å²) in [7, 11) is 0. The number of aryl methyl sites for hydroxylation is 1. The number of fused-ring (bicyclic) bond motifs is 1. The fourth-order valence-corrected chi connectivity index (χ4v) is 3.37. The Morgan fingerprint density at radius 2 is 2.11 bits per heavy atom. The average molecular weight is 337 g/mol. The van der Waals surface area contributed by atoms with Crippen LogP contribution in [0.4, 0.5) is 0 Å².